The van der Waals surface area contributed by atoms with Crippen molar-refractivity contribution in [3.05, 3.63) is 35.9 Å². The number of nitrogens with zero attached hydrogens (tertiary/aromatic N) is 2. The Bertz CT molecular complexity index is 596. The van der Waals surface area contributed by atoms with Gasteiger partial charge in [-0.15, -0.1) is 0 Å². The molecule has 1 saturated heterocycles. The van der Waals surface area contributed by atoms with Crippen molar-refractivity contribution in [3.8, 4) is 0 Å². The van der Waals surface area contributed by atoms with Gasteiger partial charge in [0, 0.05) is 25.0 Å². The minimum absolute atomic E-state index is 0.0276. The van der Waals surface area contributed by atoms with Gasteiger partial charge in [0.05, 0.1) is 5.71 Å². The first-order valence-corrected chi connectivity index (χ1v) is 8.24. The second kappa shape index (κ2) is 5.87. The molecule has 1 aromatic carbocycles. The first-order valence-electron chi connectivity index (χ1n) is 8.24. The lowest BCUT2D eigenvalue weighted by molar-refractivity contribution is 0.0162. The van der Waals surface area contributed by atoms with Crippen LogP contribution in [0.2, 0.25) is 0 Å². The normalized spacial score (nSPS) is 20.1. The molecule has 0 bridgehead atoms. The third-order valence-electron chi connectivity index (χ3n) is 4.53. The highest BCUT2D eigenvalue weighted by atomic mass is 16.6. The highest BCUT2D eigenvalue weighted by molar-refractivity contribution is 6.05. The predicted molar refractivity (Wildman–Crippen MR) is 90.5 cm³/mol. The molecule has 1 fully saturated rings. The second-order valence-corrected chi connectivity index (χ2v) is 7.41. The molecule has 0 radical (unpaired) electrons. The van der Waals surface area contributed by atoms with E-state index in [0.717, 1.165) is 25.1 Å². The quantitative estimate of drug-likeness (QED) is 0.867. The average Bonchev–Trinajstić information content (AvgIpc) is 2.90. The van der Waals surface area contributed by atoms with Crippen LogP contribution in [0.25, 0.3) is 0 Å². The van der Waals surface area contributed by atoms with E-state index >= 15 is 0 Å². The molecule has 1 aromatic rings. The summed E-state index contributed by atoms with van der Waals surface area (Å²) in [5.41, 5.74) is 5.04. The Kier molecular flexibility index (Phi) is 4.04. The van der Waals surface area contributed by atoms with Gasteiger partial charge in [-0.1, -0.05) is 30.3 Å². The third-order valence-corrected chi connectivity index (χ3v) is 4.53. The summed E-state index contributed by atoms with van der Waals surface area (Å²) in [4.78, 5) is 14.0. The van der Waals surface area contributed by atoms with Crippen molar-refractivity contribution in [2.75, 3.05) is 19.6 Å². The maximum atomic E-state index is 12.2. The number of carbonyl (C=O) groups is 1. The molecule has 3 rings (SSSR count). The maximum Gasteiger partial charge on any atom is 0.410 e. The Morgan fingerprint density at radius 1 is 1.22 bits per heavy atom. The monoisotopic (exact) mass is 315 g/mol. The standard InChI is InChI=1S/C18H25N3O2/c1-17(2,3)23-16(22)21-11-9-18(10-12-21)13-19-20-15(18)14-7-5-4-6-8-14/h4-8,19H,9-13H2,1-3H3. The van der Waals surface area contributed by atoms with Crippen molar-refractivity contribution in [3.63, 3.8) is 0 Å². The summed E-state index contributed by atoms with van der Waals surface area (Å²) in [6, 6.07) is 10.3. The molecule has 0 saturated carbocycles. The zero-order chi connectivity index (χ0) is 16.5. The van der Waals surface area contributed by atoms with Crippen LogP contribution in [0, 0.1) is 5.41 Å². The lowest BCUT2D eigenvalue weighted by atomic mass is 9.73. The van der Waals surface area contributed by atoms with Crippen LogP contribution in [0.1, 0.15) is 39.2 Å². The highest BCUT2D eigenvalue weighted by Crippen LogP contribution is 2.38. The number of piperidine rings is 1. The van der Waals surface area contributed by atoms with Crippen molar-refractivity contribution < 1.29 is 9.53 Å². The van der Waals surface area contributed by atoms with Crippen LogP contribution in [-0.2, 0) is 4.74 Å². The van der Waals surface area contributed by atoms with Gasteiger partial charge in [-0.05, 0) is 39.2 Å². The van der Waals surface area contributed by atoms with Crippen molar-refractivity contribution in [2.45, 2.75) is 39.2 Å². The van der Waals surface area contributed by atoms with Gasteiger partial charge < -0.3 is 15.1 Å². The van der Waals surface area contributed by atoms with Gasteiger partial charge in [0.2, 0.25) is 0 Å². The number of hydrazone groups is 1. The number of nitrogens with one attached hydrogen (secondary N) is 1. The molecule has 1 amide bonds. The van der Waals surface area contributed by atoms with Crippen LogP contribution in [0.5, 0.6) is 0 Å². The number of hydrogen-bond acceptors (Lipinski definition) is 4. The van der Waals surface area contributed by atoms with Gasteiger partial charge in [-0.3, -0.25) is 0 Å². The summed E-state index contributed by atoms with van der Waals surface area (Å²) in [5, 5.41) is 4.54. The zero-order valence-electron chi connectivity index (χ0n) is 14.1. The van der Waals surface area contributed by atoms with Crippen LogP contribution in [-0.4, -0.2) is 41.9 Å². The minimum atomic E-state index is -0.447. The van der Waals surface area contributed by atoms with Crippen LogP contribution in [0.15, 0.2) is 35.4 Å². The van der Waals surface area contributed by atoms with Crippen LogP contribution in [0.4, 0.5) is 4.79 Å². The summed E-state index contributed by atoms with van der Waals surface area (Å²) in [7, 11) is 0. The Morgan fingerprint density at radius 2 is 1.87 bits per heavy atom. The summed E-state index contributed by atoms with van der Waals surface area (Å²) in [5.74, 6) is 0. The molecule has 2 aliphatic heterocycles. The number of likely N-dealkylation sites (tertiary alicyclic amines) is 1. The smallest absolute Gasteiger partial charge is 0.410 e. The van der Waals surface area contributed by atoms with Crippen molar-refractivity contribution in [1.29, 1.82) is 0 Å². The number of ether oxygens (including phenoxy) is 1. The summed E-state index contributed by atoms with van der Waals surface area (Å²) >= 11 is 0. The summed E-state index contributed by atoms with van der Waals surface area (Å²) < 4.78 is 5.48. The number of hydrogen-bond donors (Lipinski definition) is 1. The van der Waals surface area contributed by atoms with E-state index in [9.17, 15) is 4.79 Å². The number of benzene rings is 1. The fourth-order valence-electron chi connectivity index (χ4n) is 3.30. The molecule has 5 nitrogen and oxygen atoms in total. The topological polar surface area (TPSA) is 53.9 Å². The Balaban J connectivity index is 1.68. The lowest BCUT2D eigenvalue weighted by Crippen LogP contribution is -2.48. The fraction of sp³-hybridized carbons (Fsp3) is 0.556. The molecule has 2 heterocycles. The molecule has 23 heavy (non-hydrogen) atoms. The highest BCUT2D eigenvalue weighted by Gasteiger charge is 2.44. The van der Waals surface area contributed by atoms with Crippen molar-refractivity contribution in [2.24, 2.45) is 10.5 Å². The third kappa shape index (κ3) is 3.33. The molecule has 1 spiro atoms. The van der Waals surface area contributed by atoms with E-state index in [1.807, 2.05) is 43.9 Å². The van der Waals surface area contributed by atoms with E-state index in [1.54, 1.807) is 0 Å². The first kappa shape index (κ1) is 15.8. The largest absolute Gasteiger partial charge is 0.444 e. The molecule has 1 N–H and O–H groups in total. The first-order chi connectivity index (χ1) is 10.9. The molecule has 0 atom stereocenters. The van der Waals surface area contributed by atoms with E-state index in [-0.39, 0.29) is 11.5 Å². The second-order valence-electron chi connectivity index (χ2n) is 7.41. The molecule has 0 aromatic heterocycles. The average molecular weight is 315 g/mol. The fourth-order valence-corrected chi connectivity index (χ4v) is 3.30. The van der Waals surface area contributed by atoms with Crippen molar-refractivity contribution >= 4 is 11.8 Å². The van der Waals surface area contributed by atoms with Crippen molar-refractivity contribution in [1.82, 2.24) is 10.3 Å². The minimum Gasteiger partial charge on any atom is -0.444 e. The van der Waals surface area contributed by atoms with Crippen LogP contribution in [0.3, 0.4) is 0 Å². The van der Waals surface area contributed by atoms with E-state index in [2.05, 4.69) is 22.7 Å². The summed E-state index contributed by atoms with van der Waals surface area (Å²) in [6.07, 6.45) is 1.61. The van der Waals surface area contributed by atoms with E-state index in [0.29, 0.717) is 13.1 Å². The van der Waals surface area contributed by atoms with Gasteiger partial charge in [0.15, 0.2) is 0 Å². The molecular weight excluding hydrogens is 290 g/mol. The molecule has 124 valence electrons. The van der Waals surface area contributed by atoms with Crippen LogP contribution >= 0.6 is 0 Å². The van der Waals surface area contributed by atoms with Crippen LogP contribution < -0.4 is 5.43 Å². The van der Waals surface area contributed by atoms with E-state index in [4.69, 9.17) is 4.74 Å². The van der Waals surface area contributed by atoms with E-state index in [1.165, 1.54) is 5.56 Å². The summed E-state index contributed by atoms with van der Waals surface area (Å²) in [6.45, 7) is 7.97. The van der Waals surface area contributed by atoms with Gasteiger partial charge in [-0.25, -0.2) is 4.79 Å². The molecule has 2 aliphatic rings. The SMILES string of the molecule is CC(C)(C)OC(=O)N1CCC2(CC1)CNN=C2c1ccccc1. The van der Waals surface area contributed by atoms with E-state index < -0.39 is 5.60 Å². The zero-order valence-corrected chi connectivity index (χ0v) is 14.1. The van der Waals surface area contributed by atoms with Gasteiger partial charge in [0.25, 0.3) is 0 Å². The van der Waals surface area contributed by atoms with Gasteiger partial charge in [0.1, 0.15) is 5.60 Å². The Morgan fingerprint density at radius 3 is 2.48 bits per heavy atom. The molecule has 5 heteroatoms. The number of amides is 1. The predicted octanol–water partition coefficient (Wildman–Crippen LogP) is 3.01. The molecule has 0 unspecified atom stereocenters. The Hall–Kier alpha value is -2.04. The van der Waals surface area contributed by atoms with Gasteiger partial charge in [-0.2, -0.15) is 5.10 Å². The molecule has 0 aliphatic carbocycles. The number of carbonyl (C=O) groups excluding carboxylic acids is 1. The molecular formula is C18H25N3O2. The lowest BCUT2D eigenvalue weighted by Gasteiger charge is -2.39. The van der Waals surface area contributed by atoms with Gasteiger partial charge >= 0.3 is 6.09 Å². The number of rotatable bonds is 1. The maximum absolute atomic E-state index is 12.2. The Labute approximate surface area is 137 Å².